The fraction of sp³-hybridized carbons (Fsp3) is 0.143. The highest BCUT2D eigenvalue weighted by Crippen LogP contribution is 2.28. The van der Waals surface area contributed by atoms with Gasteiger partial charge < -0.3 is 5.11 Å². The van der Waals surface area contributed by atoms with E-state index >= 15 is 0 Å². The smallest absolute Gasteiger partial charge is 0.123 e. The summed E-state index contributed by atoms with van der Waals surface area (Å²) in [6, 6.07) is 13.9. The molecule has 2 rings (SSSR count). The van der Waals surface area contributed by atoms with E-state index in [1.165, 1.54) is 12.1 Å². The second kappa shape index (κ2) is 4.45. The Bertz CT molecular complexity index is 492. The van der Waals surface area contributed by atoms with Crippen LogP contribution in [0.25, 0.3) is 11.1 Å². The van der Waals surface area contributed by atoms with Crippen molar-refractivity contribution >= 4 is 0 Å². The van der Waals surface area contributed by atoms with Crippen molar-refractivity contribution in [3.05, 3.63) is 59.9 Å². The van der Waals surface area contributed by atoms with Crippen molar-refractivity contribution < 1.29 is 9.50 Å². The van der Waals surface area contributed by atoms with Gasteiger partial charge in [0.2, 0.25) is 0 Å². The lowest BCUT2D eigenvalue weighted by Gasteiger charge is -2.11. The van der Waals surface area contributed by atoms with E-state index in [0.29, 0.717) is 0 Å². The maximum absolute atomic E-state index is 13.1. The number of benzene rings is 2. The molecule has 0 spiro atoms. The Labute approximate surface area is 94.2 Å². The van der Waals surface area contributed by atoms with Gasteiger partial charge in [0.1, 0.15) is 5.82 Å². The zero-order chi connectivity index (χ0) is 11.5. The molecule has 0 aliphatic heterocycles. The lowest BCUT2D eigenvalue weighted by Crippen LogP contribution is -1.94. The number of aliphatic hydroxyl groups is 1. The minimum atomic E-state index is -0.556. The van der Waals surface area contributed by atoms with Crippen molar-refractivity contribution in [2.75, 3.05) is 0 Å². The molecule has 2 aromatic rings. The van der Waals surface area contributed by atoms with E-state index in [1.807, 2.05) is 30.3 Å². The van der Waals surface area contributed by atoms with Gasteiger partial charge in [-0.1, -0.05) is 36.4 Å². The van der Waals surface area contributed by atoms with Crippen molar-refractivity contribution in [2.45, 2.75) is 13.0 Å². The monoisotopic (exact) mass is 216 g/mol. The van der Waals surface area contributed by atoms with E-state index in [4.69, 9.17) is 0 Å². The van der Waals surface area contributed by atoms with Crippen LogP contribution in [-0.2, 0) is 0 Å². The first-order chi connectivity index (χ1) is 7.68. The Hall–Kier alpha value is -1.67. The van der Waals surface area contributed by atoms with Crippen molar-refractivity contribution in [2.24, 2.45) is 0 Å². The van der Waals surface area contributed by atoms with Crippen LogP contribution in [0, 0.1) is 5.82 Å². The minimum Gasteiger partial charge on any atom is -0.389 e. The SMILES string of the molecule is CC(O)c1ccccc1-c1cccc(F)c1. The third-order valence-electron chi connectivity index (χ3n) is 2.55. The summed E-state index contributed by atoms with van der Waals surface area (Å²) in [6.07, 6.45) is -0.556. The lowest BCUT2D eigenvalue weighted by molar-refractivity contribution is 0.200. The molecule has 0 aliphatic rings. The van der Waals surface area contributed by atoms with E-state index in [2.05, 4.69) is 0 Å². The first kappa shape index (κ1) is 10.8. The van der Waals surface area contributed by atoms with Crippen LogP contribution in [0.5, 0.6) is 0 Å². The van der Waals surface area contributed by atoms with Crippen LogP contribution in [0.3, 0.4) is 0 Å². The molecule has 0 aromatic heterocycles. The summed E-state index contributed by atoms with van der Waals surface area (Å²) < 4.78 is 13.1. The summed E-state index contributed by atoms with van der Waals surface area (Å²) in [5.74, 6) is -0.266. The molecule has 16 heavy (non-hydrogen) atoms. The van der Waals surface area contributed by atoms with Crippen molar-refractivity contribution in [3.63, 3.8) is 0 Å². The maximum atomic E-state index is 13.1. The standard InChI is InChI=1S/C14H13FO/c1-10(16)13-7-2-3-8-14(13)11-5-4-6-12(15)9-11/h2-10,16H,1H3. The van der Waals surface area contributed by atoms with Crippen LogP contribution in [0.4, 0.5) is 4.39 Å². The van der Waals surface area contributed by atoms with Gasteiger partial charge in [0, 0.05) is 0 Å². The molecule has 1 nitrogen and oxygen atoms in total. The number of aliphatic hydroxyl groups excluding tert-OH is 1. The maximum Gasteiger partial charge on any atom is 0.123 e. The van der Waals surface area contributed by atoms with E-state index in [1.54, 1.807) is 13.0 Å². The molecule has 0 radical (unpaired) electrons. The number of hydrogen-bond acceptors (Lipinski definition) is 1. The Morgan fingerprint density at radius 2 is 1.81 bits per heavy atom. The number of rotatable bonds is 2. The fourth-order valence-corrected chi connectivity index (χ4v) is 1.78. The molecule has 82 valence electrons. The van der Waals surface area contributed by atoms with Crippen LogP contribution < -0.4 is 0 Å². The normalized spacial score (nSPS) is 12.4. The molecular formula is C14H13FO. The second-order valence-corrected chi connectivity index (χ2v) is 3.77. The molecule has 0 bridgehead atoms. The average molecular weight is 216 g/mol. The summed E-state index contributed by atoms with van der Waals surface area (Å²) in [5.41, 5.74) is 2.47. The highest BCUT2D eigenvalue weighted by atomic mass is 19.1. The fourth-order valence-electron chi connectivity index (χ4n) is 1.78. The number of hydrogen-bond donors (Lipinski definition) is 1. The predicted molar refractivity (Wildman–Crippen MR) is 62.5 cm³/mol. The Morgan fingerprint density at radius 1 is 1.06 bits per heavy atom. The molecule has 0 aliphatic carbocycles. The van der Waals surface area contributed by atoms with Crippen LogP contribution in [0.2, 0.25) is 0 Å². The Morgan fingerprint density at radius 3 is 2.50 bits per heavy atom. The van der Waals surface area contributed by atoms with Gasteiger partial charge in [-0.2, -0.15) is 0 Å². The van der Waals surface area contributed by atoms with Gasteiger partial charge in [-0.05, 0) is 35.7 Å². The van der Waals surface area contributed by atoms with Crippen LogP contribution in [0.1, 0.15) is 18.6 Å². The van der Waals surface area contributed by atoms with Crippen molar-refractivity contribution in [3.8, 4) is 11.1 Å². The van der Waals surface area contributed by atoms with Crippen molar-refractivity contribution in [1.29, 1.82) is 0 Å². The zero-order valence-electron chi connectivity index (χ0n) is 9.02. The van der Waals surface area contributed by atoms with Gasteiger partial charge in [-0.15, -0.1) is 0 Å². The quantitative estimate of drug-likeness (QED) is 0.814. The molecule has 1 N–H and O–H groups in total. The van der Waals surface area contributed by atoms with Gasteiger partial charge in [0.05, 0.1) is 6.10 Å². The summed E-state index contributed by atoms with van der Waals surface area (Å²) in [4.78, 5) is 0. The van der Waals surface area contributed by atoms with Gasteiger partial charge in [0.25, 0.3) is 0 Å². The summed E-state index contributed by atoms with van der Waals surface area (Å²) in [7, 11) is 0. The summed E-state index contributed by atoms with van der Waals surface area (Å²) in [5, 5.41) is 9.64. The van der Waals surface area contributed by atoms with Gasteiger partial charge in [-0.25, -0.2) is 4.39 Å². The van der Waals surface area contributed by atoms with Gasteiger partial charge in [0.15, 0.2) is 0 Å². The molecule has 0 heterocycles. The predicted octanol–water partition coefficient (Wildman–Crippen LogP) is 3.55. The zero-order valence-corrected chi connectivity index (χ0v) is 9.02. The third-order valence-corrected chi connectivity index (χ3v) is 2.55. The van der Waals surface area contributed by atoms with Gasteiger partial charge >= 0.3 is 0 Å². The van der Waals surface area contributed by atoms with E-state index in [9.17, 15) is 9.50 Å². The first-order valence-corrected chi connectivity index (χ1v) is 5.21. The first-order valence-electron chi connectivity index (χ1n) is 5.21. The molecule has 1 unspecified atom stereocenters. The largest absolute Gasteiger partial charge is 0.389 e. The topological polar surface area (TPSA) is 20.2 Å². The summed E-state index contributed by atoms with van der Waals surface area (Å²) in [6.45, 7) is 1.71. The molecule has 0 saturated heterocycles. The van der Waals surface area contributed by atoms with Crippen LogP contribution in [0.15, 0.2) is 48.5 Å². The van der Waals surface area contributed by atoms with E-state index in [-0.39, 0.29) is 5.82 Å². The Kier molecular flexibility index (Phi) is 3.02. The lowest BCUT2D eigenvalue weighted by atomic mass is 9.97. The third kappa shape index (κ3) is 2.12. The number of halogens is 1. The molecule has 0 amide bonds. The summed E-state index contributed by atoms with van der Waals surface area (Å²) >= 11 is 0. The molecule has 2 heteroatoms. The van der Waals surface area contributed by atoms with Crippen LogP contribution in [-0.4, -0.2) is 5.11 Å². The second-order valence-electron chi connectivity index (χ2n) is 3.77. The average Bonchev–Trinajstić information content (AvgIpc) is 2.29. The highest BCUT2D eigenvalue weighted by Gasteiger charge is 2.08. The van der Waals surface area contributed by atoms with Crippen molar-refractivity contribution in [1.82, 2.24) is 0 Å². The molecule has 1 atom stereocenters. The van der Waals surface area contributed by atoms with E-state index in [0.717, 1.165) is 16.7 Å². The molecular weight excluding hydrogens is 203 g/mol. The molecule has 0 saturated carbocycles. The van der Waals surface area contributed by atoms with E-state index < -0.39 is 6.10 Å². The highest BCUT2D eigenvalue weighted by molar-refractivity contribution is 5.67. The molecule has 2 aromatic carbocycles. The minimum absolute atomic E-state index is 0.266. The Balaban J connectivity index is 2.55. The van der Waals surface area contributed by atoms with Gasteiger partial charge in [-0.3, -0.25) is 0 Å². The molecule has 0 fully saturated rings. The van der Waals surface area contributed by atoms with Crippen LogP contribution >= 0.6 is 0 Å².